The molecule has 7 nitrogen and oxygen atoms in total. The third kappa shape index (κ3) is 3.47. The van der Waals surface area contributed by atoms with Gasteiger partial charge in [0.2, 0.25) is 0 Å². The van der Waals surface area contributed by atoms with Gasteiger partial charge in [-0.3, -0.25) is 0 Å². The summed E-state index contributed by atoms with van der Waals surface area (Å²) in [4.78, 5) is 12.0. The number of nitrogens with one attached hydrogen (secondary N) is 2. The summed E-state index contributed by atoms with van der Waals surface area (Å²) in [6, 6.07) is 8.10. The van der Waals surface area contributed by atoms with E-state index in [2.05, 4.69) is 25.9 Å². The average Bonchev–Trinajstić information content (AvgIpc) is 3.32. The minimum atomic E-state index is -0.861. The summed E-state index contributed by atoms with van der Waals surface area (Å²) in [7, 11) is 0. The Bertz CT molecular complexity index is 1090. The predicted octanol–water partition coefficient (Wildman–Crippen LogP) is 3.45. The average molecular weight is 386 g/mol. The van der Waals surface area contributed by atoms with E-state index in [1.807, 2.05) is 22.9 Å². The summed E-state index contributed by atoms with van der Waals surface area (Å²) in [6.07, 6.45) is 0. The van der Waals surface area contributed by atoms with Gasteiger partial charge in [-0.15, -0.1) is 10.2 Å². The van der Waals surface area contributed by atoms with Crippen LogP contribution in [0, 0.1) is 11.6 Å². The Labute approximate surface area is 155 Å². The maximum atomic E-state index is 13.6. The first-order chi connectivity index (χ1) is 13.1. The summed E-state index contributed by atoms with van der Waals surface area (Å²) >= 11 is 1.56. The van der Waals surface area contributed by atoms with Crippen molar-refractivity contribution < 1.29 is 13.6 Å². The van der Waals surface area contributed by atoms with E-state index in [1.165, 1.54) is 10.6 Å². The van der Waals surface area contributed by atoms with Crippen molar-refractivity contribution in [3.8, 4) is 11.3 Å². The van der Waals surface area contributed by atoms with Gasteiger partial charge in [0.1, 0.15) is 17.3 Å². The molecule has 27 heavy (non-hydrogen) atoms. The lowest BCUT2D eigenvalue weighted by Gasteiger charge is -2.08. The number of carbonyl (C=O) groups is 1. The molecule has 0 atom stereocenters. The Hall–Kier alpha value is -3.40. The first-order valence-electron chi connectivity index (χ1n) is 7.84. The highest BCUT2D eigenvalue weighted by molar-refractivity contribution is 7.08. The maximum absolute atomic E-state index is 13.6. The minimum absolute atomic E-state index is 0.0246. The summed E-state index contributed by atoms with van der Waals surface area (Å²) in [5.74, 6) is -1.34. The van der Waals surface area contributed by atoms with Crippen LogP contribution in [0.3, 0.4) is 0 Å². The molecule has 0 unspecified atom stereocenters. The molecular formula is C17H12F2N6OS. The lowest BCUT2D eigenvalue weighted by atomic mass is 10.2. The summed E-state index contributed by atoms with van der Waals surface area (Å²) in [5, 5.41) is 21.0. The molecule has 0 saturated carbocycles. The SMILES string of the molecule is O=C(NCc1nnc2ccc(-c3ccsc3)nn12)Nc1c(F)cccc1F. The fourth-order valence-corrected chi connectivity index (χ4v) is 3.09. The standard InChI is InChI=1S/C17H12F2N6OS/c18-11-2-1-3-12(19)16(11)21-17(26)20-8-15-23-22-14-5-4-13(24-25(14)15)10-6-7-27-9-10/h1-7,9H,8H2,(H2,20,21,26). The molecule has 3 aromatic heterocycles. The van der Waals surface area contributed by atoms with E-state index in [4.69, 9.17) is 0 Å². The second kappa shape index (κ2) is 7.08. The number of para-hydroxylation sites is 1. The Morgan fingerprint density at radius 3 is 2.67 bits per heavy atom. The van der Waals surface area contributed by atoms with Crippen LogP contribution in [-0.2, 0) is 6.54 Å². The number of thiophene rings is 1. The van der Waals surface area contributed by atoms with Crippen molar-refractivity contribution in [3.05, 3.63) is 64.6 Å². The first-order valence-corrected chi connectivity index (χ1v) is 8.79. The number of carbonyl (C=O) groups excluding carboxylic acids is 1. The van der Waals surface area contributed by atoms with Crippen LogP contribution in [0.1, 0.15) is 5.82 Å². The molecule has 4 rings (SSSR count). The van der Waals surface area contributed by atoms with Crippen LogP contribution < -0.4 is 10.6 Å². The van der Waals surface area contributed by atoms with Gasteiger partial charge in [0.15, 0.2) is 11.5 Å². The summed E-state index contributed by atoms with van der Waals surface area (Å²) in [6.45, 7) is -0.0246. The number of amides is 2. The lowest BCUT2D eigenvalue weighted by Crippen LogP contribution is -2.30. The number of hydrogen-bond acceptors (Lipinski definition) is 5. The number of anilines is 1. The van der Waals surface area contributed by atoms with E-state index in [9.17, 15) is 13.6 Å². The van der Waals surface area contributed by atoms with E-state index >= 15 is 0 Å². The molecule has 136 valence electrons. The Kier molecular flexibility index (Phi) is 4.47. The number of benzene rings is 1. The van der Waals surface area contributed by atoms with Crippen molar-refractivity contribution in [2.24, 2.45) is 0 Å². The van der Waals surface area contributed by atoms with Gasteiger partial charge < -0.3 is 10.6 Å². The second-order valence-corrected chi connectivity index (χ2v) is 6.30. The molecule has 0 radical (unpaired) electrons. The fraction of sp³-hybridized carbons (Fsp3) is 0.0588. The molecule has 0 spiro atoms. The number of hydrogen-bond donors (Lipinski definition) is 2. The molecule has 1 aromatic carbocycles. The zero-order valence-corrected chi connectivity index (χ0v) is 14.5. The van der Waals surface area contributed by atoms with Crippen molar-refractivity contribution in [1.29, 1.82) is 0 Å². The summed E-state index contributed by atoms with van der Waals surface area (Å²) in [5.41, 5.74) is 1.70. The summed E-state index contributed by atoms with van der Waals surface area (Å²) < 4.78 is 28.7. The molecule has 0 aliphatic heterocycles. The lowest BCUT2D eigenvalue weighted by molar-refractivity contribution is 0.251. The third-order valence-corrected chi connectivity index (χ3v) is 4.44. The molecule has 0 bridgehead atoms. The molecular weight excluding hydrogens is 374 g/mol. The van der Waals surface area contributed by atoms with Gasteiger partial charge in [-0.1, -0.05) is 6.07 Å². The number of rotatable bonds is 4. The van der Waals surface area contributed by atoms with Crippen molar-refractivity contribution in [2.45, 2.75) is 6.54 Å². The zero-order valence-electron chi connectivity index (χ0n) is 13.7. The molecule has 4 aromatic rings. The van der Waals surface area contributed by atoms with Gasteiger partial charge in [-0.2, -0.15) is 21.0 Å². The van der Waals surface area contributed by atoms with Crippen LogP contribution in [-0.4, -0.2) is 25.8 Å². The predicted molar refractivity (Wildman–Crippen MR) is 96.3 cm³/mol. The molecule has 3 heterocycles. The van der Waals surface area contributed by atoms with E-state index in [0.29, 0.717) is 11.5 Å². The molecule has 10 heteroatoms. The van der Waals surface area contributed by atoms with Crippen molar-refractivity contribution in [1.82, 2.24) is 25.1 Å². The zero-order chi connectivity index (χ0) is 18.8. The number of urea groups is 1. The van der Waals surface area contributed by atoms with E-state index in [1.54, 1.807) is 17.4 Å². The van der Waals surface area contributed by atoms with Gasteiger partial charge >= 0.3 is 6.03 Å². The number of halogens is 2. The third-order valence-electron chi connectivity index (χ3n) is 3.75. The highest BCUT2D eigenvalue weighted by atomic mass is 32.1. The Morgan fingerprint density at radius 1 is 1.11 bits per heavy atom. The molecule has 2 N–H and O–H groups in total. The van der Waals surface area contributed by atoms with Crippen LogP contribution in [0.2, 0.25) is 0 Å². The quantitative estimate of drug-likeness (QED) is 0.563. The van der Waals surface area contributed by atoms with E-state index in [-0.39, 0.29) is 6.54 Å². The number of fused-ring (bicyclic) bond motifs is 1. The van der Waals surface area contributed by atoms with Gasteiger partial charge in [-0.05, 0) is 35.7 Å². The monoisotopic (exact) mass is 386 g/mol. The molecule has 0 saturated heterocycles. The van der Waals surface area contributed by atoms with Crippen LogP contribution in [0.4, 0.5) is 19.3 Å². The smallest absolute Gasteiger partial charge is 0.319 e. The highest BCUT2D eigenvalue weighted by Gasteiger charge is 2.13. The molecule has 0 aliphatic rings. The van der Waals surface area contributed by atoms with Gasteiger partial charge in [0.25, 0.3) is 0 Å². The Morgan fingerprint density at radius 2 is 1.93 bits per heavy atom. The van der Waals surface area contributed by atoms with Crippen molar-refractivity contribution in [3.63, 3.8) is 0 Å². The topological polar surface area (TPSA) is 84.2 Å². The highest BCUT2D eigenvalue weighted by Crippen LogP contribution is 2.20. The number of aromatic nitrogens is 4. The molecule has 0 aliphatic carbocycles. The normalized spacial score (nSPS) is 10.9. The molecule has 2 amide bonds. The van der Waals surface area contributed by atoms with Crippen LogP contribution >= 0.6 is 11.3 Å². The first kappa shape index (κ1) is 17.0. The van der Waals surface area contributed by atoms with Crippen molar-refractivity contribution in [2.75, 3.05) is 5.32 Å². The second-order valence-electron chi connectivity index (χ2n) is 5.52. The van der Waals surface area contributed by atoms with Gasteiger partial charge in [0.05, 0.1) is 12.2 Å². The van der Waals surface area contributed by atoms with Crippen LogP contribution in [0.15, 0.2) is 47.2 Å². The van der Waals surface area contributed by atoms with E-state index < -0.39 is 23.4 Å². The Balaban J connectivity index is 1.50. The largest absolute Gasteiger partial charge is 0.330 e. The molecule has 0 fully saturated rings. The van der Waals surface area contributed by atoms with Gasteiger partial charge in [-0.25, -0.2) is 13.6 Å². The minimum Gasteiger partial charge on any atom is -0.330 e. The fourth-order valence-electron chi connectivity index (χ4n) is 2.44. The van der Waals surface area contributed by atoms with E-state index in [0.717, 1.165) is 23.4 Å². The van der Waals surface area contributed by atoms with Crippen molar-refractivity contribution >= 4 is 28.7 Å². The van der Waals surface area contributed by atoms with Crippen LogP contribution in [0.5, 0.6) is 0 Å². The van der Waals surface area contributed by atoms with Gasteiger partial charge in [0, 0.05) is 10.9 Å². The van der Waals surface area contributed by atoms with Crippen LogP contribution in [0.25, 0.3) is 16.9 Å². The maximum Gasteiger partial charge on any atom is 0.319 e. The number of nitrogens with zero attached hydrogens (tertiary/aromatic N) is 4.